The van der Waals surface area contributed by atoms with Crippen molar-refractivity contribution in [2.75, 3.05) is 25.1 Å². The number of allylic oxidation sites excluding steroid dienone is 2. The second-order valence-electron chi connectivity index (χ2n) is 7.78. The molecule has 0 fully saturated rings. The fourth-order valence-corrected chi connectivity index (χ4v) is 4.20. The van der Waals surface area contributed by atoms with Crippen molar-refractivity contribution in [1.29, 1.82) is 0 Å². The molecular formula is C27H31ClN4O2. The number of amides is 1. The van der Waals surface area contributed by atoms with E-state index in [1.54, 1.807) is 19.1 Å². The Hall–Kier alpha value is -3.51. The largest absolute Gasteiger partial charge is 0.461 e. The second-order valence-corrected chi connectivity index (χ2v) is 8.19. The SMILES string of the molecule is C=C/C(C(N)=O)=C(C)\C=C/COc1nc2cc(-c3ccc4c(c3)CCN4C)c(Cl)cc2[nH]1.CC. The van der Waals surface area contributed by atoms with E-state index < -0.39 is 5.91 Å². The van der Waals surface area contributed by atoms with Gasteiger partial charge in [0.05, 0.1) is 16.1 Å². The quantitative estimate of drug-likeness (QED) is 0.331. The van der Waals surface area contributed by atoms with E-state index >= 15 is 0 Å². The van der Waals surface area contributed by atoms with Gasteiger partial charge in [-0.25, -0.2) is 0 Å². The third-order valence-corrected chi connectivity index (χ3v) is 5.96. The second kappa shape index (κ2) is 11.1. The lowest BCUT2D eigenvalue weighted by Gasteiger charge is -2.12. The number of carbonyl (C=O) groups is 1. The zero-order valence-electron chi connectivity index (χ0n) is 20.1. The van der Waals surface area contributed by atoms with Crippen molar-refractivity contribution in [2.45, 2.75) is 27.2 Å². The third kappa shape index (κ3) is 5.34. The Morgan fingerprint density at radius 3 is 2.79 bits per heavy atom. The van der Waals surface area contributed by atoms with Gasteiger partial charge in [-0.15, -0.1) is 0 Å². The van der Waals surface area contributed by atoms with E-state index in [0.29, 0.717) is 16.6 Å². The highest BCUT2D eigenvalue weighted by Crippen LogP contribution is 2.36. The molecule has 2 heterocycles. The molecule has 6 nitrogen and oxygen atoms in total. The number of H-pyrrole nitrogens is 1. The number of nitrogens with zero attached hydrogens (tertiary/aromatic N) is 2. The fraction of sp³-hybridized carbons (Fsp3) is 0.259. The van der Waals surface area contributed by atoms with Crippen LogP contribution in [0.2, 0.25) is 5.02 Å². The molecule has 1 aromatic heterocycles. The van der Waals surface area contributed by atoms with Crippen LogP contribution < -0.4 is 15.4 Å². The number of rotatable bonds is 7. The number of likely N-dealkylation sites (N-methyl/N-ethyl adjacent to an activating group) is 1. The number of ether oxygens (including phenoxy) is 1. The van der Waals surface area contributed by atoms with Crippen LogP contribution in [-0.2, 0) is 11.2 Å². The number of aromatic nitrogens is 2. The number of aromatic amines is 1. The first-order valence-electron chi connectivity index (χ1n) is 11.3. The number of halogens is 1. The highest BCUT2D eigenvalue weighted by molar-refractivity contribution is 6.34. The van der Waals surface area contributed by atoms with Crippen molar-refractivity contribution in [3.05, 3.63) is 76.9 Å². The van der Waals surface area contributed by atoms with Crippen molar-refractivity contribution in [3.63, 3.8) is 0 Å². The molecule has 0 atom stereocenters. The number of nitrogens with one attached hydrogen (secondary N) is 1. The zero-order chi connectivity index (χ0) is 24.8. The highest BCUT2D eigenvalue weighted by atomic mass is 35.5. The lowest BCUT2D eigenvalue weighted by Crippen LogP contribution is -2.13. The Bertz CT molecular complexity index is 1270. The minimum atomic E-state index is -0.511. The standard InChI is InChI=1S/C25H25ClN4O2.C2H6/c1-4-18(24(27)31)15(2)6-5-11-32-25-28-21-13-19(20(26)14-22(21)29-25)16-7-8-23-17(12-16)9-10-30(23)3;1-2/h4-8,12-14H,1,9-11H2,2-3H3,(H2,27,31)(H,28,29);1-2H3/b6-5-,18-15+;. The summed E-state index contributed by atoms with van der Waals surface area (Å²) in [4.78, 5) is 21.3. The van der Waals surface area contributed by atoms with Gasteiger partial charge in [-0.05, 0) is 60.4 Å². The zero-order valence-corrected chi connectivity index (χ0v) is 20.9. The van der Waals surface area contributed by atoms with Gasteiger partial charge in [0.25, 0.3) is 6.01 Å². The first-order chi connectivity index (χ1) is 16.4. The van der Waals surface area contributed by atoms with Gasteiger partial charge < -0.3 is 20.4 Å². The third-order valence-electron chi connectivity index (χ3n) is 5.65. The molecule has 1 amide bonds. The minimum Gasteiger partial charge on any atom is -0.461 e. The normalized spacial score (nSPS) is 13.4. The van der Waals surface area contributed by atoms with E-state index in [2.05, 4.69) is 46.7 Å². The summed E-state index contributed by atoms with van der Waals surface area (Å²) in [6, 6.07) is 10.7. The van der Waals surface area contributed by atoms with Crippen molar-refractivity contribution < 1.29 is 9.53 Å². The van der Waals surface area contributed by atoms with E-state index in [9.17, 15) is 4.79 Å². The Labute approximate surface area is 205 Å². The monoisotopic (exact) mass is 478 g/mol. The molecule has 178 valence electrons. The molecule has 0 spiro atoms. The van der Waals surface area contributed by atoms with E-state index in [1.165, 1.54) is 17.3 Å². The van der Waals surface area contributed by atoms with E-state index in [0.717, 1.165) is 40.7 Å². The Morgan fingerprint density at radius 1 is 1.32 bits per heavy atom. The molecule has 3 aromatic rings. The summed E-state index contributed by atoms with van der Waals surface area (Å²) in [5, 5.41) is 0.656. The maximum absolute atomic E-state index is 11.4. The Morgan fingerprint density at radius 2 is 2.09 bits per heavy atom. The summed E-state index contributed by atoms with van der Waals surface area (Å²) < 4.78 is 5.71. The number of fused-ring (bicyclic) bond motifs is 2. The Balaban J connectivity index is 0.00000158. The molecule has 0 unspecified atom stereocenters. The number of anilines is 1. The summed E-state index contributed by atoms with van der Waals surface area (Å²) in [7, 11) is 2.11. The topological polar surface area (TPSA) is 84.2 Å². The predicted molar refractivity (Wildman–Crippen MR) is 142 cm³/mol. The Kier molecular flexibility index (Phi) is 8.18. The van der Waals surface area contributed by atoms with Crippen LogP contribution in [0.5, 0.6) is 6.01 Å². The van der Waals surface area contributed by atoms with E-state index in [1.807, 2.05) is 26.0 Å². The smallest absolute Gasteiger partial charge is 0.294 e. The fourth-order valence-electron chi connectivity index (χ4n) is 3.93. The molecular weight excluding hydrogens is 448 g/mol. The minimum absolute atomic E-state index is 0.277. The van der Waals surface area contributed by atoms with Gasteiger partial charge in [0, 0.05) is 30.4 Å². The van der Waals surface area contributed by atoms with Gasteiger partial charge >= 0.3 is 0 Å². The van der Waals surface area contributed by atoms with Crippen LogP contribution in [0.1, 0.15) is 26.3 Å². The summed E-state index contributed by atoms with van der Waals surface area (Å²) in [6.45, 7) is 10.7. The predicted octanol–water partition coefficient (Wildman–Crippen LogP) is 5.82. The van der Waals surface area contributed by atoms with Crippen molar-refractivity contribution in [3.8, 4) is 17.1 Å². The molecule has 2 aromatic carbocycles. The van der Waals surface area contributed by atoms with Crippen molar-refractivity contribution >= 4 is 34.2 Å². The molecule has 0 saturated carbocycles. The van der Waals surface area contributed by atoms with Crippen molar-refractivity contribution in [2.24, 2.45) is 5.73 Å². The lowest BCUT2D eigenvalue weighted by molar-refractivity contribution is -0.114. The number of imidazole rings is 1. The van der Waals surface area contributed by atoms with Crippen molar-refractivity contribution in [1.82, 2.24) is 9.97 Å². The molecule has 1 aliphatic heterocycles. The molecule has 34 heavy (non-hydrogen) atoms. The number of primary amides is 1. The molecule has 4 rings (SSSR count). The van der Waals surface area contributed by atoms with Gasteiger partial charge in [0.1, 0.15) is 6.61 Å². The maximum atomic E-state index is 11.4. The van der Waals surface area contributed by atoms with Crippen LogP contribution in [0.15, 0.2) is 66.3 Å². The van der Waals surface area contributed by atoms with Gasteiger partial charge in [0.2, 0.25) is 5.91 Å². The number of nitrogens with two attached hydrogens (primary N) is 1. The van der Waals surface area contributed by atoms with Crippen LogP contribution in [0.25, 0.3) is 22.2 Å². The maximum Gasteiger partial charge on any atom is 0.294 e. The summed E-state index contributed by atoms with van der Waals surface area (Å²) in [5.74, 6) is -0.511. The first-order valence-corrected chi connectivity index (χ1v) is 11.7. The van der Waals surface area contributed by atoms with Crippen LogP contribution in [0, 0.1) is 0 Å². The summed E-state index contributed by atoms with van der Waals surface area (Å²) in [6.07, 6.45) is 6.04. The molecule has 0 aliphatic carbocycles. The highest BCUT2D eigenvalue weighted by Gasteiger charge is 2.17. The van der Waals surface area contributed by atoms with Gasteiger partial charge in [-0.1, -0.05) is 50.2 Å². The average molecular weight is 479 g/mol. The summed E-state index contributed by atoms with van der Waals surface area (Å²) >= 11 is 6.60. The van der Waals surface area contributed by atoms with Gasteiger partial charge in [0.15, 0.2) is 0 Å². The van der Waals surface area contributed by atoms with E-state index in [-0.39, 0.29) is 6.61 Å². The molecule has 0 saturated heterocycles. The summed E-state index contributed by atoms with van der Waals surface area (Å²) in [5.41, 5.74) is 12.6. The number of hydrogen-bond acceptors (Lipinski definition) is 4. The van der Waals surface area contributed by atoms with Gasteiger partial charge in [-0.3, -0.25) is 4.79 Å². The molecule has 7 heteroatoms. The molecule has 0 radical (unpaired) electrons. The van der Waals surface area contributed by atoms with Crippen LogP contribution >= 0.6 is 11.6 Å². The number of hydrogen-bond donors (Lipinski definition) is 2. The van der Waals surface area contributed by atoms with Crippen LogP contribution in [-0.4, -0.2) is 36.1 Å². The number of carbonyl (C=O) groups excluding carboxylic acids is 1. The molecule has 3 N–H and O–H groups in total. The molecule has 1 aliphatic rings. The first kappa shape index (κ1) is 25.1. The van der Waals surface area contributed by atoms with E-state index in [4.69, 9.17) is 22.1 Å². The molecule has 0 bridgehead atoms. The average Bonchev–Trinajstić information content (AvgIpc) is 3.39. The lowest BCUT2D eigenvalue weighted by atomic mass is 10.0. The van der Waals surface area contributed by atoms with Gasteiger partial charge in [-0.2, -0.15) is 4.98 Å². The van der Waals surface area contributed by atoms with Crippen LogP contribution in [0.3, 0.4) is 0 Å². The van der Waals surface area contributed by atoms with Crippen LogP contribution in [0.4, 0.5) is 5.69 Å². The number of benzene rings is 2.